The molecule has 3 nitrogen and oxygen atoms in total. The monoisotopic (exact) mass is 189 g/mol. The van der Waals surface area contributed by atoms with Crippen LogP contribution in [0, 0.1) is 11.8 Å². The molecule has 0 aromatic heterocycles. The number of fused-ring (bicyclic) bond motifs is 1. The molecule has 2 fully saturated rings. The third-order valence-corrected chi connectivity index (χ3v) is 4.90. The number of sulfone groups is 1. The summed E-state index contributed by atoms with van der Waals surface area (Å²) in [4.78, 5) is 2.24. The molecule has 2 aliphatic rings. The van der Waals surface area contributed by atoms with Crippen LogP contribution in [0.3, 0.4) is 0 Å². The highest BCUT2D eigenvalue weighted by molar-refractivity contribution is 7.91. The molecule has 0 aromatic rings. The van der Waals surface area contributed by atoms with Crippen LogP contribution in [0.1, 0.15) is 6.42 Å². The van der Waals surface area contributed by atoms with E-state index >= 15 is 0 Å². The lowest BCUT2D eigenvalue weighted by Gasteiger charge is -2.31. The summed E-state index contributed by atoms with van der Waals surface area (Å²) in [6.07, 6.45) is 1.07. The highest BCUT2D eigenvalue weighted by Gasteiger charge is 2.39. The first-order valence-corrected chi connectivity index (χ1v) is 6.28. The van der Waals surface area contributed by atoms with Gasteiger partial charge >= 0.3 is 0 Å². The van der Waals surface area contributed by atoms with Gasteiger partial charge in [-0.2, -0.15) is 0 Å². The predicted octanol–water partition coefficient (Wildman–Crippen LogP) is -0.0173. The Morgan fingerprint density at radius 2 is 1.92 bits per heavy atom. The fourth-order valence-corrected chi connectivity index (χ4v) is 4.65. The molecule has 0 amide bonds. The van der Waals surface area contributed by atoms with Gasteiger partial charge in [0.15, 0.2) is 9.84 Å². The fraction of sp³-hybridized carbons (Fsp3) is 1.00. The Bertz CT molecular complexity index is 273. The lowest BCUT2D eigenvalue weighted by molar-refractivity contribution is 0.178. The standard InChI is InChI=1S/C8H15NO2S/c1-9-3-2-7-5-12(10,11)6-8(7)4-9/h7-8H,2-6H2,1H3. The molecule has 0 spiro atoms. The molecule has 0 aromatic carbocycles. The summed E-state index contributed by atoms with van der Waals surface area (Å²) in [6.45, 7) is 2.04. The molecule has 0 N–H and O–H groups in total. The fourth-order valence-electron chi connectivity index (χ4n) is 2.39. The van der Waals surface area contributed by atoms with E-state index in [1.54, 1.807) is 0 Å². The average Bonchev–Trinajstić information content (AvgIpc) is 2.21. The van der Waals surface area contributed by atoms with Crippen molar-refractivity contribution in [2.75, 3.05) is 31.6 Å². The molecule has 12 heavy (non-hydrogen) atoms. The maximum atomic E-state index is 11.3. The molecule has 2 atom stereocenters. The van der Waals surface area contributed by atoms with E-state index in [2.05, 4.69) is 11.9 Å². The zero-order chi connectivity index (χ0) is 8.77. The first-order chi connectivity index (χ1) is 5.57. The molecule has 70 valence electrons. The van der Waals surface area contributed by atoms with Crippen molar-refractivity contribution in [3.8, 4) is 0 Å². The van der Waals surface area contributed by atoms with Gasteiger partial charge in [0.05, 0.1) is 11.5 Å². The normalized spacial score (nSPS) is 41.1. The van der Waals surface area contributed by atoms with Crippen molar-refractivity contribution < 1.29 is 8.42 Å². The quantitative estimate of drug-likeness (QED) is 0.537. The van der Waals surface area contributed by atoms with E-state index in [1.165, 1.54) is 0 Å². The number of hydrogen-bond acceptors (Lipinski definition) is 3. The van der Waals surface area contributed by atoms with Crippen LogP contribution in [0.2, 0.25) is 0 Å². The number of hydrogen-bond donors (Lipinski definition) is 0. The molecular weight excluding hydrogens is 174 g/mol. The molecule has 2 saturated heterocycles. The highest BCUT2D eigenvalue weighted by atomic mass is 32.2. The zero-order valence-corrected chi connectivity index (χ0v) is 8.18. The topological polar surface area (TPSA) is 37.4 Å². The first kappa shape index (κ1) is 8.51. The smallest absolute Gasteiger partial charge is 0.150 e. The van der Waals surface area contributed by atoms with Crippen LogP contribution in [0.4, 0.5) is 0 Å². The second kappa shape index (κ2) is 2.70. The summed E-state index contributed by atoms with van der Waals surface area (Å²) in [5.41, 5.74) is 0. The van der Waals surface area contributed by atoms with Crippen molar-refractivity contribution in [2.24, 2.45) is 11.8 Å². The summed E-state index contributed by atoms with van der Waals surface area (Å²) in [7, 11) is -0.608. The summed E-state index contributed by atoms with van der Waals surface area (Å²) in [5.74, 6) is 1.77. The lowest BCUT2D eigenvalue weighted by atomic mass is 9.89. The van der Waals surface area contributed by atoms with Crippen molar-refractivity contribution in [3.63, 3.8) is 0 Å². The van der Waals surface area contributed by atoms with E-state index < -0.39 is 9.84 Å². The van der Waals surface area contributed by atoms with Crippen molar-refractivity contribution in [3.05, 3.63) is 0 Å². The Kier molecular flexibility index (Phi) is 1.92. The molecule has 4 heteroatoms. The van der Waals surface area contributed by atoms with Crippen LogP contribution < -0.4 is 0 Å². The Balaban J connectivity index is 2.12. The third kappa shape index (κ3) is 1.50. The molecule has 2 rings (SSSR count). The summed E-state index contributed by atoms with van der Waals surface area (Å²) < 4.78 is 22.6. The summed E-state index contributed by atoms with van der Waals surface area (Å²) in [6, 6.07) is 0. The zero-order valence-electron chi connectivity index (χ0n) is 7.36. The van der Waals surface area contributed by atoms with Crippen LogP contribution in [0.5, 0.6) is 0 Å². The minimum Gasteiger partial charge on any atom is -0.306 e. The largest absolute Gasteiger partial charge is 0.306 e. The van der Waals surface area contributed by atoms with Crippen molar-refractivity contribution in [1.29, 1.82) is 0 Å². The average molecular weight is 189 g/mol. The molecule has 0 radical (unpaired) electrons. The molecule has 2 heterocycles. The number of rotatable bonds is 0. The van der Waals surface area contributed by atoms with Gasteiger partial charge in [0.1, 0.15) is 0 Å². The van der Waals surface area contributed by atoms with Crippen molar-refractivity contribution >= 4 is 9.84 Å². The number of piperidine rings is 1. The Morgan fingerprint density at radius 3 is 2.67 bits per heavy atom. The van der Waals surface area contributed by atoms with Gasteiger partial charge in [0.2, 0.25) is 0 Å². The van der Waals surface area contributed by atoms with Crippen LogP contribution in [-0.4, -0.2) is 45.0 Å². The van der Waals surface area contributed by atoms with E-state index in [4.69, 9.17) is 0 Å². The maximum absolute atomic E-state index is 11.3. The van der Waals surface area contributed by atoms with Crippen LogP contribution in [-0.2, 0) is 9.84 Å². The van der Waals surface area contributed by atoms with Gasteiger partial charge < -0.3 is 4.90 Å². The summed E-state index contributed by atoms with van der Waals surface area (Å²) >= 11 is 0. The number of likely N-dealkylation sites (tertiary alicyclic amines) is 1. The van der Waals surface area contributed by atoms with Crippen LogP contribution in [0.15, 0.2) is 0 Å². The molecule has 0 saturated carbocycles. The van der Waals surface area contributed by atoms with Gasteiger partial charge in [-0.1, -0.05) is 0 Å². The molecular formula is C8H15NO2S. The second-order valence-corrected chi connectivity index (χ2v) is 6.30. The van der Waals surface area contributed by atoms with E-state index in [1.807, 2.05) is 0 Å². The number of nitrogens with zero attached hydrogens (tertiary/aromatic N) is 1. The predicted molar refractivity (Wildman–Crippen MR) is 47.7 cm³/mol. The molecule has 2 unspecified atom stereocenters. The van der Waals surface area contributed by atoms with Gasteiger partial charge in [-0.25, -0.2) is 8.42 Å². The van der Waals surface area contributed by atoms with E-state index in [-0.39, 0.29) is 0 Å². The third-order valence-electron chi connectivity index (χ3n) is 3.03. The maximum Gasteiger partial charge on any atom is 0.150 e. The van der Waals surface area contributed by atoms with Crippen molar-refractivity contribution in [1.82, 2.24) is 4.90 Å². The minimum atomic E-state index is -2.68. The first-order valence-electron chi connectivity index (χ1n) is 4.46. The molecule has 2 aliphatic heterocycles. The summed E-state index contributed by atoms with van der Waals surface area (Å²) in [5, 5.41) is 0. The molecule has 0 aliphatic carbocycles. The minimum absolute atomic E-state index is 0.425. The van der Waals surface area contributed by atoms with E-state index in [0.29, 0.717) is 23.3 Å². The van der Waals surface area contributed by atoms with Crippen LogP contribution in [0.25, 0.3) is 0 Å². The SMILES string of the molecule is CN1CCC2CS(=O)(=O)CC2C1. The Morgan fingerprint density at radius 1 is 1.25 bits per heavy atom. The van der Waals surface area contributed by atoms with Crippen molar-refractivity contribution in [2.45, 2.75) is 6.42 Å². The van der Waals surface area contributed by atoms with Gasteiger partial charge in [-0.15, -0.1) is 0 Å². The van der Waals surface area contributed by atoms with E-state index in [9.17, 15) is 8.42 Å². The van der Waals surface area contributed by atoms with Gasteiger partial charge in [-0.05, 0) is 31.8 Å². The highest BCUT2D eigenvalue weighted by Crippen LogP contribution is 2.31. The second-order valence-electron chi connectivity index (χ2n) is 4.15. The van der Waals surface area contributed by atoms with Gasteiger partial charge in [0.25, 0.3) is 0 Å². The van der Waals surface area contributed by atoms with Crippen LogP contribution >= 0.6 is 0 Å². The Labute approximate surface area is 73.7 Å². The van der Waals surface area contributed by atoms with Gasteiger partial charge in [-0.3, -0.25) is 0 Å². The van der Waals surface area contributed by atoms with Gasteiger partial charge in [0, 0.05) is 6.54 Å². The van der Waals surface area contributed by atoms with E-state index in [0.717, 1.165) is 19.5 Å². The lowest BCUT2D eigenvalue weighted by Crippen LogP contribution is -2.37. The Hall–Kier alpha value is -0.0900. The molecule has 0 bridgehead atoms.